The summed E-state index contributed by atoms with van der Waals surface area (Å²) in [6, 6.07) is 40.4. The fourth-order valence-corrected chi connectivity index (χ4v) is 7.91. The van der Waals surface area contributed by atoms with E-state index >= 15 is 0 Å². The third kappa shape index (κ3) is 4.19. The van der Waals surface area contributed by atoms with Gasteiger partial charge in [-0.05, 0) is 41.7 Å². The summed E-state index contributed by atoms with van der Waals surface area (Å²) in [5.74, 6) is 2.39. The maximum absolute atomic E-state index is 11.0. The van der Waals surface area contributed by atoms with Gasteiger partial charge in [0.1, 0.15) is 0 Å². The molecule has 1 unspecified atom stereocenters. The predicted octanol–water partition coefficient (Wildman–Crippen LogP) is 5.21. The number of benzene rings is 4. The molecule has 4 aromatic rings. The first-order chi connectivity index (χ1) is 14.7. The minimum absolute atomic E-state index is 0.527. The number of hydrogen-bond acceptors (Lipinski definition) is 1. The molecule has 2 heteroatoms. The Kier molecular flexibility index (Phi) is 6.33. The van der Waals surface area contributed by atoms with Crippen molar-refractivity contribution >= 4 is 28.6 Å². The second-order valence-corrected chi connectivity index (χ2v) is 10.9. The molecule has 4 rings (SSSR count). The molecule has 150 valence electrons. The van der Waals surface area contributed by atoms with Crippen molar-refractivity contribution in [3.05, 3.63) is 126 Å². The highest BCUT2D eigenvalue weighted by molar-refractivity contribution is 7.94. The predicted molar refractivity (Wildman–Crippen MR) is 132 cm³/mol. The highest BCUT2D eigenvalue weighted by Gasteiger charge is 2.25. The average molecular weight is 410 g/mol. The molecule has 1 atom stereocenters. The molecule has 30 heavy (non-hydrogen) atoms. The van der Waals surface area contributed by atoms with Gasteiger partial charge in [0.2, 0.25) is 0 Å². The van der Waals surface area contributed by atoms with E-state index in [1.165, 1.54) is 21.5 Å². The molecular formula is C28H27OP. The van der Waals surface area contributed by atoms with Gasteiger partial charge in [-0.25, -0.2) is 0 Å². The summed E-state index contributed by atoms with van der Waals surface area (Å²) in [5, 5.41) is 14.9. The largest absolute Gasteiger partial charge is 0.388 e. The van der Waals surface area contributed by atoms with Gasteiger partial charge < -0.3 is 5.11 Å². The Labute approximate surface area is 179 Å². The van der Waals surface area contributed by atoms with Crippen molar-refractivity contribution in [1.29, 1.82) is 0 Å². The van der Waals surface area contributed by atoms with Crippen LogP contribution in [0.1, 0.15) is 23.7 Å². The van der Waals surface area contributed by atoms with E-state index in [0.717, 1.165) is 5.56 Å². The molecule has 0 heterocycles. The van der Waals surface area contributed by atoms with Crippen molar-refractivity contribution in [1.82, 2.24) is 0 Å². The molecule has 0 saturated heterocycles. The van der Waals surface area contributed by atoms with Gasteiger partial charge in [0.25, 0.3) is 0 Å². The maximum atomic E-state index is 11.0. The summed E-state index contributed by atoms with van der Waals surface area (Å²) >= 11 is 0. The zero-order valence-electron chi connectivity index (χ0n) is 17.2. The molecule has 0 radical (unpaired) electrons. The van der Waals surface area contributed by atoms with Crippen molar-refractivity contribution in [3.63, 3.8) is 0 Å². The van der Waals surface area contributed by atoms with E-state index in [0.29, 0.717) is 6.42 Å². The first kappa shape index (κ1) is 20.4. The van der Waals surface area contributed by atoms with Crippen LogP contribution in [0.4, 0.5) is 0 Å². The summed E-state index contributed by atoms with van der Waals surface area (Å²) in [7, 11) is 0. The van der Waals surface area contributed by atoms with Gasteiger partial charge in [-0.3, -0.25) is 0 Å². The second kappa shape index (κ2) is 9.30. The first-order valence-electron chi connectivity index (χ1n) is 10.3. The van der Waals surface area contributed by atoms with Crippen LogP contribution in [0.15, 0.2) is 115 Å². The average Bonchev–Trinajstić information content (AvgIpc) is 2.82. The van der Waals surface area contributed by atoms with Crippen LogP contribution in [0.5, 0.6) is 0 Å². The monoisotopic (exact) mass is 410 g/mol. The summed E-state index contributed by atoms with van der Waals surface area (Å²) in [6.07, 6.45) is 0.0660. The van der Waals surface area contributed by atoms with Crippen molar-refractivity contribution < 1.29 is 5.11 Å². The number of rotatable bonds is 6. The molecular weight excluding hydrogens is 383 g/mol. The third-order valence-electron chi connectivity index (χ3n) is 5.56. The number of hydrogen-bond donors (Lipinski definition) is 1. The third-order valence-corrected chi connectivity index (χ3v) is 9.65. The second-order valence-electron chi connectivity index (χ2n) is 7.57. The molecule has 0 aliphatic carbocycles. The highest BCUT2D eigenvalue weighted by atomic mass is 31.2. The molecule has 0 amide bonds. The topological polar surface area (TPSA) is 20.2 Å². The number of aliphatic hydroxyl groups is 1. The molecule has 1 nitrogen and oxygen atoms in total. The van der Waals surface area contributed by atoms with E-state index in [1.807, 2.05) is 12.1 Å². The van der Waals surface area contributed by atoms with Gasteiger partial charge in [-0.1, -0.05) is 127 Å². The van der Waals surface area contributed by atoms with Crippen molar-refractivity contribution in [2.45, 2.75) is 19.4 Å². The number of aliphatic hydroxyl groups excluding tert-OH is 1. The molecule has 0 aliphatic heterocycles. The highest BCUT2D eigenvalue weighted by Crippen LogP contribution is 2.44. The van der Waals surface area contributed by atoms with Crippen LogP contribution in [0.25, 0.3) is 0 Å². The van der Waals surface area contributed by atoms with E-state index in [9.17, 15) is 5.11 Å². The van der Waals surface area contributed by atoms with Crippen molar-refractivity contribution in [3.8, 4) is 0 Å². The minimum atomic E-state index is -2.02. The molecule has 1 N–H and O–H groups in total. The van der Waals surface area contributed by atoms with E-state index in [1.54, 1.807) is 0 Å². The van der Waals surface area contributed by atoms with Crippen LogP contribution < -0.4 is 15.9 Å². The van der Waals surface area contributed by atoms with E-state index in [4.69, 9.17) is 0 Å². The van der Waals surface area contributed by atoms with E-state index in [-0.39, 0.29) is 0 Å². The quantitative estimate of drug-likeness (QED) is 0.433. The maximum Gasteiger partial charge on any atom is 0.0825 e. The Bertz CT molecular complexity index is 1010. The summed E-state index contributed by atoms with van der Waals surface area (Å²) in [6.45, 7) is 0.0464. The van der Waals surface area contributed by atoms with Crippen LogP contribution >= 0.6 is 6.89 Å². The molecule has 0 saturated carbocycles. The van der Waals surface area contributed by atoms with Crippen LogP contribution in [0, 0.1) is 6.92 Å². The van der Waals surface area contributed by atoms with Crippen LogP contribution in [0.3, 0.4) is 0 Å². The minimum Gasteiger partial charge on any atom is -0.388 e. The van der Waals surface area contributed by atoms with Gasteiger partial charge >= 0.3 is 0 Å². The lowest BCUT2D eigenvalue weighted by molar-refractivity contribution is 0.188. The lowest BCUT2D eigenvalue weighted by Crippen LogP contribution is -2.27. The molecule has 4 aromatic carbocycles. The molecule has 0 fully saturated rings. The first-order valence-corrected chi connectivity index (χ1v) is 12.2. The zero-order chi connectivity index (χ0) is 20.8. The van der Waals surface area contributed by atoms with Crippen molar-refractivity contribution in [2.75, 3.05) is 0 Å². The normalized spacial score (nSPS) is 12.3. The summed E-state index contributed by atoms with van der Waals surface area (Å²) in [5.41, 5.74) is 2.17. The SMILES string of the molecule is Cc1ccc(C(O)CC=P(c2ccccc2)(c2ccccc2)c2ccccc2)cc1. The molecule has 0 spiro atoms. The fourth-order valence-electron chi connectivity index (χ4n) is 3.94. The van der Waals surface area contributed by atoms with Gasteiger partial charge in [-0.2, -0.15) is 0 Å². The van der Waals surface area contributed by atoms with Crippen molar-refractivity contribution in [2.24, 2.45) is 0 Å². The van der Waals surface area contributed by atoms with Gasteiger partial charge in [0.05, 0.1) is 6.10 Å². The Morgan fingerprint density at radius 2 is 1.03 bits per heavy atom. The van der Waals surface area contributed by atoms with Gasteiger partial charge in [0.15, 0.2) is 0 Å². The van der Waals surface area contributed by atoms with Gasteiger partial charge in [-0.15, -0.1) is 0 Å². The molecule has 0 aliphatic rings. The lowest BCUT2D eigenvalue weighted by atomic mass is 10.1. The standard InChI is InChI=1S/C28H27OP/c1-23-17-19-24(20-18-23)28(29)21-22-30(25-11-5-2-6-12-25,26-13-7-3-8-14-26)27-15-9-4-10-16-27/h2-20,22,28-29H,21H2,1H3. The van der Waals surface area contributed by atoms with Crippen LogP contribution in [0.2, 0.25) is 0 Å². The zero-order valence-corrected chi connectivity index (χ0v) is 18.1. The van der Waals surface area contributed by atoms with Crippen LogP contribution in [-0.2, 0) is 0 Å². The van der Waals surface area contributed by atoms with Gasteiger partial charge in [0, 0.05) is 0 Å². The Morgan fingerprint density at radius 1 is 0.633 bits per heavy atom. The molecule has 0 aromatic heterocycles. The summed E-state index contributed by atoms with van der Waals surface area (Å²) in [4.78, 5) is 0. The Morgan fingerprint density at radius 3 is 1.43 bits per heavy atom. The summed E-state index contributed by atoms with van der Waals surface area (Å²) < 4.78 is 0. The number of aryl methyl sites for hydroxylation is 1. The lowest BCUT2D eigenvalue weighted by Gasteiger charge is -2.29. The van der Waals surface area contributed by atoms with E-state index < -0.39 is 13.0 Å². The Balaban J connectivity index is 1.90. The molecule has 0 bridgehead atoms. The van der Waals surface area contributed by atoms with E-state index in [2.05, 4.69) is 116 Å². The Hall–Kier alpha value is -2.86. The fraction of sp³-hybridized carbons (Fsp3) is 0.107. The smallest absolute Gasteiger partial charge is 0.0825 e. The van der Waals surface area contributed by atoms with Crippen LogP contribution in [-0.4, -0.2) is 10.9 Å².